The second-order valence-electron chi connectivity index (χ2n) is 5.19. The molecule has 3 rings (SSSR count). The Morgan fingerprint density at radius 1 is 1.28 bits per heavy atom. The molecule has 0 aliphatic heterocycles. The van der Waals surface area contributed by atoms with Crippen molar-refractivity contribution >= 4 is 10.9 Å². The van der Waals surface area contributed by atoms with Gasteiger partial charge in [0.15, 0.2) is 0 Å². The molecule has 0 spiro atoms. The summed E-state index contributed by atoms with van der Waals surface area (Å²) in [7, 11) is 0. The number of hydrogen-bond acceptors (Lipinski definition) is 3. The quantitative estimate of drug-likeness (QED) is 0.877. The molecule has 1 aromatic carbocycles. The van der Waals surface area contributed by atoms with E-state index in [0.29, 0.717) is 5.41 Å². The molecule has 1 heterocycles. The predicted molar refractivity (Wildman–Crippen MR) is 72.6 cm³/mol. The van der Waals surface area contributed by atoms with Crippen molar-refractivity contribution in [3.63, 3.8) is 0 Å². The second kappa shape index (κ2) is 4.58. The van der Waals surface area contributed by atoms with E-state index >= 15 is 0 Å². The molecule has 94 valence electrons. The summed E-state index contributed by atoms with van der Waals surface area (Å²) >= 11 is 0. The molecule has 1 aliphatic carbocycles. The topological polar surface area (TPSA) is 48.1 Å². The number of hydrogen-bond donors (Lipinski definition) is 1. The molecule has 1 aromatic heterocycles. The third kappa shape index (κ3) is 2.31. The van der Waals surface area contributed by atoms with E-state index in [1.807, 2.05) is 24.4 Å². The van der Waals surface area contributed by atoms with Crippen molar-refractivity contribution in [2.24, 2.45) is 11.1 Å². The molecule has 0 radical (unpaired) electrons. The Kier molecular flexibility index (Phi) is 2.92. The van der Waals surface area contributed by atoms with Gasteiger partial charge in [-0.2, -0.15) is 0 Å². The first-order valence-electron chi connectivity index (χ1n) is 6.49. The summed E-state index contributed by atoms with van der Waals surface area (Å²) in [4.78, 5) is 4.34. The molecule has 0 saturated heterocycles. The van der Waals surface area contributed by atoms with E-state index in [2.05, 4.69) is 17.1 Å². The fraction of sp³-hybridized carbons (Fsp3) is 0.400. The number of rotatable bonds is 5. The highest BCUT2D eigenvalue weighted by Crippen LogP contribution is 2.48. The number of pyridine rings is 1. The van der Waals surface area contributed by atoms with Gasteiger partial charge in [0.25, 0.3) is 0 Å². The standard InChI is InChI=1S/C15H18N2O/c16-8-7-15(5-6-15)11-18-13-4-3-12-2-1-9-17-14(12)10-13/h1-4,9-10H,5-8,11,16H2. The maximum absolute atomic E-state index is 5.90. The zero-order chi connectivity index (χ0) is 12.4. The first kappa shape index (κ1) is 11.5. The van der Waals surface area contributed by atoms with Crippen molar-refractivity contribution in [2.75, 3.05) is 13.2 Å². The van der Waals surface area contributed by atoms with Gasteiger partial charge in [0.2, 0.25) is 0 Å². The molecular formula is C15H18N2O. The first-order valence-corrected chi connectivity index (χ1v) is 6.49. The highest BCUT2D eigenvalue weighted by molar-refractivity contribution is 5.79. The molecule has 0 unspecified atom stereocenters. The smallest absolute Gasteiger partial charge is 0.121 e. The van der Waals surface area contributed by atoms with E-state index < -0.39 is 0 Å². The Bertz CT molecular complexity index is 549. The SMILES string of the molecule is NCCC1(COc2ccc3cccnc3c2)CC1. The van der Waals surface area contributed by atoms with Crippen LogP contribution < -0.4 is 10.5 Å². The molecule has 18 heavy (non-hydrogen) atoms. The van der Waals surface area contributed by atoms with Gasteiger partial charge in [0.05, 0.1) is 12.1 Å². The highest BCUT2D eigenvalue weighted by atomic mass is 16.5. The Balaban J connectivity index is 1.71. The van der Waals surface area contributed by atoms with Crippen LogP contribution in [0.2, 0.25) is 0 Å². The van der Waals surface area contributed by atoms with Crippen LogP contribution in [0.5, 0.6) is 5.75 Å². The van der Waals surface area contributed by atoms with E-state index in [0.717, 1.165) is 36.2 Å². The van der Waals surface area contributed by atoms with Gasteiger partial charge < -0.3 is 10.5 Å². The largest absolute Gasteiger partial charge is 0.493 e. The average molecular weight is 242 g/mol. The Hall–Kier alpha value is -1.61. The predicted octanol–water partition coefficient (Wildman–Crippen LogP) is 2.74. The van der Waals surface area contributed by atoms with Crippen LogP contribution in [0.4, 0.5) is 0 Å². The van der Waals surface area contributed by atoms with Crippen LogP contribution in [0.15, 0.2) is 36.5 Å². The number of benzene rings is 1. The van der Waals surface area contributed by atoms with Gasteiger partial charge in [-0.3, -0.25) is 4.98 Å². The summed E-state index contributed by atoms with van der Waals surface area (Å²) in [5.74, 6) is 0.907. The van der Waals surface area contributed by atoms with E-state index in [1.165, 1.54) is 12.8 Å². The molecule has 0 bridgehead atoms. The van der Waals surface area contributed by atoms with Gasteiger partial charge in [0.1, 0.15) is 5.75 Å². The molecule has 1 fully saturated rings. The third-order valence-electron chi connectivity index (χ3n) is 3.75. The summed E-state index contributed by atoms with van der Waals surface area (Å²) < 4.78 is 5.90. The molecular weight excluding hydrogens is 224 g/mol. The minimum Gasteiger partial charge on any atom is -0.493 e. The summed E-state index contributed by atoms with van der Waals surface area (Å²) in [5, 5.41) is 1.15. The number of nitrogens with zero attached hydrogens (tertiary/aromatic N) is 1. The zero-order valence-corrected chi connectivity index (χ0v) is 10.4. The molecule has 0 amide bonds. The number of fused-ring (bicyclic) bond motifs is 1. The van der Waals surface area contributed by atoms with Gasteiger partial charge in [-0.05, 0) is 44.0 Å². The number of nitrogens with two attached hydrogens (primary N) is 1. The monoisotopic (exact) mass is 242 g/mol. The maximum Gasteiger partial charge on any atom is 0.121 e. The molecule has 2 aromatic rings. The normalized spacial score (nSPS) is 16.7. The lowest BCUT2D eigenvalue weighted by Gasteiger charge is -2.15. The van der Waals surface area contributed by atoms with E-state index in [-0.39, 0.29) is 0 Å². The molecule has 1 saturated carbocycles. The van der Waals surface area contributed by atoms with Crippen molar-refractivity contribution < 1.29 is 4.74 Å². The van der Waals surface area contributed by atoms with Crippen LogP contribution in [0.3, 0.4) is 0 Å². The average Bonchev–Trinajstić information content (AvgIpc) is 3.17. The summed E-state index contributed by atoms with van der Waals surface area (Å²) in [5.41, 5.74) is 6.97. The van der Waals surface area contributed by atoms with Gasteiger partial charge >= 0.3 is 0 Å². The maximum atomic E-state index is 5.90. The molecule has 3 nitrogen and oxygen atoms in total. The Labute approximate surface area is 107 Å². The summed E-state index contributed by atoms with van der Waals surface area (Å²) in [6.45, 7) is 1.53. The lowest BCUT2D eigenvalue weighted by Crippen LogP contribution is -2.17. The highest BCUT2D eigenvalue weighted by Gasteiger charge is 2.42. The first-order chi connectivity index (χ1) is 8.81. The van der Waals surface area contributed by atoms with Crippen molar-refractivity contribution in [3.05, 3.63) is 36.5 Å². The lowest BCUT2D eigenvalue weighted by molar-refractivity contribution is 0.227. The summed E-state index contributed by atoms with van der Waals surface area (Å²) in [6.07, 6.45) is 5.37. The fourth-order valence-corrected chi connectivity index (χ4v) is 2.32. The molecule has 2 N–H and O–H groups in total. The van der Waals surface area contributed by atoms with Gasteiger partial charge in [-0.15, -0.1) is 0 Å². The van der Waals surface area contributed by atoms with Crippen LogP contribution in [-0.4, -0.2) is 18.1 Å². The van der Waals surface area contributed by atoms with Crippen LogP contribution >= 0.6 is 0 Å². The zero-order valence-electron chi connectivity index (χ0n) is 10.4. The van der Waals surface area contributed by atoms with Crippen LogP contribution in [-0.2, 0) is 0 Å². The van der Waals surface area contributed by atoms with Crippen molar-refractivity contribution in [2.45, 2.75) is 19.3 Å². The van der Waals surface area contributed by atoms with E-state index in [9.17, 15) is 0 Å². The molecule has 3 heteroatoms. The van der Waals surface area contributed by atoms with Gasteiger partial charge in [0, 0.05) is 23.1 Å². The molecule has 1 aliphatic rings. The van der Waals surface area contributed by atoms with Crippen LogP contribution in [0.1, 0.15) is 19.3 Å². The van der Waals surface area contributed by atoms with E-state index in [4.69, 9.17) is 10.5 Å². The van der Waals surface area contributed by atoms with Gasteiger partial charge in [-0.1, -0.05) is 6.07 Å². The second-order valence-corrected chi connectivity index (χ2v) is 5.19. The van der Waals surface area contributed by atoms with Crippen molar-refractivity contribution in [1.29, 1.82) is 0 Å². The third-order valence-corrected chi connectivity index (χ3v) is 3.75. The van der Waals surface area contributed by atoms with E-state index in [1.54, 1.807) is 0 Å². The molecule has 0 atom stereocenters. The minimum atomic E-state index is 0.355. The van der Waals surface area contributed by atoms with Crippen LogP contribution in [0, 0.1) is 5.41 Å². The van der Waals surface area contributed by atoms with Crippen molar-refractivity contribution in [3.8, 4) is 5.75 Å². The van der Waals surface area contributed by atoms with Crippen molar-refractivity contribution in [1.82, 2.24) is 4.98 Å². The Morgan fingerprint density at radius 2 is 2.17 bits per heavy atom. The lowest BCUT2D eigenvalue weighted by atomic mass is 10.0. The number of ether oxygens (including phenoxy) is 1. The summed E-state index contributed by atoms with van der Waals surface area (Å²) in [6, 6.07) is 10.1. The number of aromatic nitrogens is 1. The fourth-order valence-electron chi connectivity index (χ4n) is 2.32. The van der Waals surface area contributed by atoms with Gasteiger partial charge in [-0.25, -0.2) is 0 Å². The minimum absolute atomic E-state index is 0.355. The Morgan fingerprint density at radius 3 is 2.94 bits per heavy atom. The van der Waals surface area contributed by atoms with Crippen LogP contribution in [0.25, 0.3) is 10.9 Å².